The Labute approximate surface area is 200 Å². The highest BCUT2D eigenvalue weighted by Crippen LogP contribution is 2.39. The van der Waals surface area contributed by atoms with E-state index in [1.165, 1.54) is 23.0 Å². The Morgan fingerprint density at radius 1 is 1.18 bits per heavy atom. The Bertz CT molecular complexity index is 1140. The van der Waals surface area contributed by atoms with Gasteiger partial charge in [-0.1, -0.05) is 51.5 Å². The van der Waals surface area contributed by atoms with Crippen molar-refractivity contribution < 1.29 is 19.8 Å². The lowest BCUT2D eigenvalue weighted by Gasteiger charge is -2.30. The lowest BCUT2D eigenvalue weighted by Crippen LogP contribution is -2.37. The van der Waals surface area contributed by atoms with Crippen LogP contribution in [-0.2, 0) is 16.0 Å². The molecule has 0 spiro atoms. The van der Waals surface area contributed by atoms with Crippen molar-refractivity contribution in [1.82, 2.24) is 15.3 Å². The number of hydrogen-bond donors (Lipinski definition) is 3. The van der Waals surface area contributed by atoms with Crippen LogP contribution in [0.2, 0.25) is 0 Å². The summed E-state index contributed by atoms with van der Waals surface area (Å²) in [5, 5.41) is 27.7. The van der Waals surface area contributed by atoms with Gasteiger partial charge in [0.05, 0.1) is 11.4 Å². The number of carboxylic acid groups (broad SMARTS) is 1. The van der Waals surface area contributed by atoms with Crippen LogP contribution >= 0.6 is 0 Å². The molecule has 8 nitrogen and oxygen atoms in total. The number of aromatic nitrogens is 1. The van der Waals surface area contributed by atoms with Crippen molar-refractivity contribution in [3.63, 3.8) is 0 Å². The SMILES string of the molecule is C/C=N\N1C(C(=O)NCC(=O)O)=C(O)c2cnc(-c3cccc(CCC)c3)cc2/C1=C\C.CC. The summed E-state index contributed by atoms with van der Waals surface area (Å²) in [7, 11) is 0. The first-order valence-corrected chi connectivity index (χ1v) is 11.4. The number of carbonyl (C=O) groups excluding carboxylic acids is 1. The number of hydrazone groups is 1. The van der Waals surface area contributed by atoms with Gasteiger partial charge in [-0.05, 0) is 38.0 Å². The summed E-state index contributed by atoms with van der Waals surface area (Å²) in [5.41, 5.74) is 4.34. The molecule has 1 aliphatic heterocycles. The van der Waals surface area contributed by atoms with Crippen LogP contribution in [0.5, 0.6) is 0 Å². The van der Waals surface area contributed by atoms with E-state index in [1.807, 2.05) is 32.0 Å². The van der Waals surface area contributed by atoms with Gasteiger partial charge in [-0.3, -0.25) is 14.6 Å². The van der Waals surface area contributed by atoms with Crippen LogP contribution < -0.4 is 5.32 Å². The predicted molar refractivity (Wildman–Crippen MR) is 135 cm³/mol. The van der Waals surface area contributed by atoms with Crippen molar-refractivity contribution in [2.45, 2.75) is 47.5 Å². The molecule has 2 aromatic rings. The summed E-state index contributed by atoms with van der Waals surface area (Å²) in [6.45, 7) is 9.03. The molecule has 1 aromatic heterocycles. The summed E-state index contributed by atoms with van der Waals surface area (Å²) in [4.78, 5) is 28.1. The maximum absolute atomic E-state index is 12.7. The van der Waals surface area contributed by atoms with Crippen LogP contribution in [0.15, 0.2) is 53.4 Å². The molecular formula is C26H32N4O4. The lowest BCUT2D eigenvalue weighted by molar-refractivity contribution is -0.137. The Morgan fingerprint density at radius 3 is 2.53 bits per heavy atom. The summed E-state index contributed by atoms with van der Waals surface area (Å²) in [5.74, 6) is -2.27. The molecule has 0 saturated carbocycles. The topological polar surface area (TPSA) is 115 Å². The highest BCUT2D eigenvalue weighted by Gasteiger charge is 2.33. The Kier molecular flexibility index (Phi) is 9.55. The van der Waals surface area contributed by atoms with E-state index in [4.69, 9.17) is 5.11 Å². The smallest absolute Gasteiger partial charge is 0.322 e. The molecule has 0 aliphatic carbocycles. The second-order valence-corrected chi connectivity index (χ2v) is 7.20. The average Bonchev–Trinajstić information content (AvgIpc) is 2.84. The molecule has 0 saturated heterocycles. The van der Waals surface area contributed by atoms with E-state index in [-0.39, 0.29) is 11.5 Å². The molecular weight excluding hydrogens is 432 g/mol. The second-order valence-electron chi connectivity index (χ2n) is 7.20. The van der Waals surface area contributed by atoms with Crippen LogP contribution in [0.1, 0.15) is 57.7 Å². The highest BCUT2D eigenvalue weighted by molar-refractivity contribution is 6.04. The minimum atomic E-state index is -1.19. The molecule has 34 heavy (non-hydrogen) atoms. The number of aryl methyl sites for hydroxylation is 1. The zero-order valence-electron chi connectivity index (χ0n) is 20.3. The Morgan fingerprint density at radius 2 is 1.91 bits per heavy atom. The zero-order chi connectivity index (χ0) is 25.3. The minimum Gasteiger partial charge on any atom is -0.505 e. The van der Waals surface area contributed by atoms with Gasteiger partial charge in [0.25, 0.3) is 5.91 Å². The van der Waals surface area contributed by atoms with Gasteiger partial charge in [-0.15, -0.1) is 0 Å². The fourth-order valence-electron chi connectivity index (χ4n) is 3.61. The number of benzene rings is 1. The number of aliphatic hydroxyl groups excluding tert-OH is 1. The lowest BCUT2D eigenvalue weighted by atomic mass is 9.96. The van der Waals surface area contributed by atoms with Crippen LogP contribution in [0, 0.1) is 0 Å². The number of rotatable bonds is 7. The third-order valence-corrected chi connectivity index (χ3v) is 4.98. The zero-order valence-corrected chi connectivity index (χ0v) is 20.3. The highest BCUT2D eigenvalue weighted by atomic mass is 16.4. The van der Waals surface area contributed by atoms with Crippen molar-refractivity contribution in [3.05, 3.63) is 65.0 Å². The molecule has 0 atom stereocenters. The maximum Gasteiger partial charge on any atom is 0.322 e. The van der Waals surface area contributed by atoms with Gasteiger partial charge in [0, 0.05) is 29.1 Å². The van der Waals surface area contributed by atoms with E-state index in [0.29, 0.717) is 16.8 Å². The molecule has 3 N–H and O–H groups in total. The van der Waals surface area contributed by atoms with Gasteiger partial charge < -0.3 is 15.5 Å². The van der Waals surface area contributed by atoms with Crippen molar-refractivity contribution in [2.75, 3.05) is 6.54 Å². The number of hydrogen-bond acceptors (Lipinski definition) is 6. The van der Waals surface area contributed by atoms with E-state index < -0.39 is 18.4 Å². The molecule has 180 valence electrons. The normalized spacial score (nSPS) is 14.0. The van der Waals surface area contributed by atoms with Crippen LogP contribution in [0.25, 0.3) is 22.7 Å². The maximum atomic E-state index is 12.7. The fraction of sp³-hybridized carbons (Fsp3) is 0.308. The fourth-order valence-corrected chi connectivity index (χ4v) is 3.61. The monoisotopic (exact) mass is 464 g/mol. The quantitative estimate of drug-likeness (QED) is 0.505. The van der Waals surface area contributed by atoms with Gasteiger partial charge >= 0.3 is 5.97 Å². The van der Waals surface area contributed by atoms with Gasteiger partial charge in [0.15, 0.2) is 11.5 Å². The van der Waals surface area contributed by atoms with Crippen molar-refractivity contribution in [3.8, 4) is 11.3 Å². The number of pyridine rings is 1. The van der Waals surface area contributed by atoms with Crippen molar-refractivity contribution >= 4 is 29.5 Å². The number of fused-ring (bicyclic) bond motifs is 1. The first kappa shape index (κ1) is 26.3. The number of carboxylic acids is 1. The number of aliphatic hydroxyl groups is 1. The Balaban J connectivity index is 0.00000199. The van der Waals surface area contributed by atoms with Crippen LogP contribution in [0.4, 0.5) is 0 Å². The number of amides is 1. The first-order valence-electron chi connectivity index (χ1n) is 11.4. The molecule has 0 radical (unpaired) electrons. The number of aliphatic carboxylic acids is 1. The number of nitrogens with one attached hydrogen (secondary N) is 1. The predicted octanol–water partition coefficient (Wildman–Crippen LogP) is 4.84. The largest absolute Gasteiger partial charge is 0.505 e. The van der Waals surface area contributed by atoms with Gasteiger partial charge in [-0.2, -0.15) is 5.10 Å². The van der Waals surface area contributed by atoms with Gasteiger partial charge in [0.1, 0.15) is 6.54 Å². The third kappa shape index (κ3) is 5.70. The van der Waals surface area contributed by atoms with Crippen molar-refractivity contribution in [1.29, 1.82) is 0 Å². The molecule has 0 bridgehead atoms. The molecule has 1 amide bonds. The standard InChI is InChI=1S/C24H26N4O4.C2H6/c1-4-8-15-9-7-10-16(11-15)19-12-17-18(13-25-19)23(31)22(24(32)26-14-21(29)30)28(27-6-3)20(17)5-2;1-2/h5-7,9-13,31H,4,8,14H2,1-3H3,(H,26,32)(H,29,30);1-2H3/b20-5+,27-6-;. The number of nitrogens with zero attached hydrogens (tertiary/aromatic N) is 3. The molecule has 0 fully saturated rings. The summed E-state index contributed by atoms with van der Waals surface area (Å²) in [6, 6.07) is 10.0. The van der Waals surface area contributed by atoms with Crippen molar-refractivity contribution in [2.24, 2.45) is 5.10 Å². The summed E-state index contributed by atoms with van der Waals surface area (Å²) >= 11 is 0. The molecule has 1 aliphatic rings. The van der Waals surface area contributed by atoms with E-state index in [2.05, 4.69) is 34.5 Å². The Hall–Kier alpha value is -3.94. The summed E-state index contributed by atoms with van der Waals surface area (Å²) < 4.78 is 0. The molecule has 3 rings (SSSR count). The average molecular weight is 465 g/mol. The number of allylic oxidation sites excluding steroid dienone is 1. The van der Waals surface area contributed by atoms with Gasteiger partial charge in [0.2, 0.25) is 0 Å². The molecule has 1 aromatic carbocycles. The van der Waals surface area contributed by atoms with E-state index in [1.54, 1.807) is 19.9 Å². The molecule has 2 heterocycles. The first-order chi connectivity index (χ1) is 16.4. The second kappa shape index (κ2) is 12.3. The van der Waals surface area contributed by atoms with Crippen LogP contribution in [-0.4, -0.2) is 44.8 Å². The minimum absolute atomic E-state index is 0.163. The third-order valence-electron chi connectivity index (χ3n) is 4.98. The van der Waals surface area contributed by atoms with E-state index in [0.717, 1.165) is 24.1 Å². The summed E-state index contributed by atoms with van der Waals surface area (Å²) in [6.07, 6.45) is 6.80. The number of carbonyl (C=O) groups is 2. The van der Waals surface area contributed by atoms with E-state index in [9.17, 15) is 14.7 Å². The van der Waals surface area contributed by atoms with E-state index >= 15 is 0 Å². The van der Waals surface area contributed by atoms with Crippen LogP contribution in [0.3, 0.4) is 0 Å². The molecule has 0 unspecified atom stereocenters. The van der Waals surface area contributed by atoms with Gasteiger partial charge in [-0.25, -0.2) is 5.01 Å². The molecule has 8 heteroatoms.